The summed E-state index contributed by atoms with van der Waals surface area (Å²) in [6.45, 7) is 0.494. The van der Waals surface area contributed by atoms with Crippen LogP contribution in [0.2, 0.25) is 0 Å². The first kappa shape index (κ1) is 11.9. The second-order valence-electron chi connectivity index (χ2n) is 4.30. The van der Waals surface area contributed by atoms with Crippen LogP contribution >= 0.6 is 11.3 Å². The number of thiophene rings is 1. The van der Waals surface area contributed by atoms with Crippen LogP contribution in [-0.2, 0) is 6.61 Å². The third kappa shape index (κ3) is 2.48. The molecule has 1 aromatic heterocycles. The highest BCUT2D eigenvalue weighted by Gasteiger charge is 2.05. The van der Waals surface area contributed by atoms with Crippen molar-refractivity contribution in [1.29, 1.82) is 0 Å². The summed E-state index contributed by atoms with van der Waals surface area (Å²) in [7, 11) is 0. The Morgan fingerprint density at radius 2 is 1.89 bits per heavy atom. The predicted octanol–water partition coefficient (Wildman–Crippen LogP) is 3.77. The number of benzene rings is 2. The average molecular weight is 271 g/mol. The van der Waals surface area contributed by atoms with Crippen molar-refractivity contribution in [3.8, 4) is 11.5 Å². The molecular weight excluding hydrogens is 258 g/mol. The quantitative estimate of drug-likeness (QED) is 0.713. The van der Waals surface area contributed by atoms with Crippen LogP contribution in [-0.4, -0.2) is 5.11 Å². The molecule has 0 unspecified atom stereocenters. The number of rotatable bonds is 3. The normalized spacial score (nSPS) is 10.7. The van der Waals surface area contributed by atoms with Crippen LogP contribution in [0.25, 0.3) is 10.1 Å². The van der Waals surface area contributed by atoms with E-state index < -0.39 is 0 Å². The molecule has 0 radical (unpaired) electrons. The zero-order chi connectivity index (χ0) is 13.2. The maximum atomic E-state index is 9.21. The zero-order valence-electron chi connectivity index (χ0n) is 10.2. The summed E-state index contributed by atoms with van der Waals surface area (Å²) < 4.78 is 6.92. The predicted molar refractivity (Wildman–Crippen MR) is 78.7 cm³/mol. The molecule has 0 aliphatic heterocycles. The molecule has 0 atom stereocenters. The van der Waals surface area contributed by atoms with E-state index in [1.165, 1.54) is 4.70 Å². The van der Waals surface area contributed by atoms with E-state index in [0.29, 0.717) is 6.61 Å². The first-order chi connectivity index (χ1) is 9.22. The van der Waals surface area contributed by atoms with Crippen LogP contribution in [0.15, 0.2) is 47.8 Å². The Balaban J connectivity index is 1.81. The van der Waals surface area contributed by atoms with Crippen molar-refractivity contribution in [2.24, 2.45) is 0 Å². The number of nitrogens with two attached hydrogens (primary N) is 1. The van der Waals surface area contributed by atoms with E-state index in [2.05, 4.69) is 5.38 Å². The third-order valence-corrected chi connectivity index (χ3v) is 3.92. The van der Waals surface area contributed by atoms with Gasteiger partial charge in [0.25, 0.3) is 0 Å². The Kier molecular flexibility index (Phi) is 3.01. The highest BCUT2D eigenvalue weighted by molar-refractivity contribution is 7.17. The minimum Gasteiger partial charge on any atom is -0.508 e. The van der Waals surface area contributed by atoms with Gasteiger partial charge in [-0.3, -0.25) is 0 Å². The van der Waals surface area contributed by atoms with Crippen molar-refractivity contribution < 1.29 is 9.84 Å². The van der Waals surface area contributed by atoms with Crippen molar-refractivity contribution in [2.45, 2.75) is 6.61 Å². The van der Waals surface area contributed by atoms with Crippen LogP contribution in [0.4, 0.5) is 5.69 Å². The SMILES string of the molecule is Nc1ccc2scc(COc3ccc(O)cc3)c2c1. The van der Waals surface area contributed by atoms with Gasteiger partial charge in [-0.2, -0.15) is 0 Å². The Morgan fingerprint density at radius 3 is 2.68 bits per heavy atom. The number of hydrogen-bond donors (Lipinski definition) is 2. The molecule has 0 aliphatic carbocycles. The Labute approximate surface area is 114 Å². The molecular formula is C15H13NO2S. The molecule has 0 aliphatic rings. The molecule has 2 aromatic carbocycles. The monoisotopic (exact) mass is 271 g/mol. The Morgan fingerprint density at radius 1 is 1.11 bits per heavy atom. The summed E-state index contributed by atoms with van der Waals surface area (Å²) in [6, 6.07) is 12.6. The number of ether oxygens (including phenoxy) is 1. The van der Waals surface area contributed by atoms with Crippen LogP contribution in [0, 0.1) is 0 Å². The highest BCUT2D eigenvalue weighted by Crippen LogP contribution is 2.29. The van der Waals surface area contributed by atoms with E-state index in [1.54, 1.807) is 35.6 Å². The van der Waals surface area contributed by atoms with Crippen molar-refractivity contribution >= 4 is 27.1 Å². The van der Waals surface area contributed by atoms with E-state index in [0.717, 1.165) is 22.4 Å². The Bertz CT molecular complexity index is 704. The van der Waals surface area contributed by atoms with Gasteiger partial charge in [0.2, 0.25) is 0 Å². The smallest absolute Gasteiger partial charge is 0.120 e. The molecule has 96 valence electrons. The second kappa shape index (κ2) is 4.82. The maximum absolute atomic E-state index is 9.21. The topological polar surface area (TPSA) is 55.5 Å². The van der Waals surface area contributed by atoms with Crippen LogP contribution in [0.1, 0.15) is 5.56 Å². The van der Waals surface area contributed by atoms with Crippen molar-refractivity contribution in [3.63, 3.8) is 0 Å². The first-order valence-electron chi connectivity index (χ1n) is 5.90. The summed E-state index contributed by atoms with van der Waals surface area (Å²) in [5, 5.41) is 12.4. The molecule has 3 rings (SSSR count). The second-order valence-corrected chi connectivity index (χ2v) is 5.21. The van der Waals surface area contributed by atoms with Gasteiger partial charge < -0.3 is 15.6 Å². The van der Waals surface area contributed by atoms with Gasteiger partial charge in [0.05, 0.1) is 0 Å². The number of anilines is 1. The molecule has 0 fully saturated rings. The molecule has 0 saturated heterocycles. The van der Waals surface area contributed by atoms with Crippen molar-refractivity contribution in [2.75, 3.05) is 5.73 Å². The van der Waals surface area contributed by atoms with E-state index in [1.807, 2.05) is 18.2 Å². The van der Waals surface area contributed by atoms with Gasteiger partial charge in [0.1, 0.15) is 18.1 Å². The lowest BCUT2D eigenvalue weighted by molar-refractivity contribution is 0.307. The van der Waals surface area contributed by atoms with E-state index >= 15 is 0 Å². The third-order valence-electron chi connectivity index (χ3n) is 2.91. The molecule has 0 amide bonds. The molecule has 0 spiro atoms. The number of hydrogen-bond acceptors (Lipinski definition) is 4. The highest BCUT2D eigenvalue weighted by atomic mass is 32.1. The minimum absolute atomic E-state index is 0.237. The fourth-order valence-electron chi connectivity index (χ4n) is 1.91. The molecule has 3 aromatic rings. The van der Waals surface area contributed by atoms with Crippen molar-refractivity contribution in [1.82, 2.24) is 0 Å². The first-order valence-corrected chi connectivity index (χ1v) is 6.78. The lowest BCUT2D eigenvalue weighted by Gasteiger charge is -2.05. The zero-order valence-corrected chi connectivity index (χ0v) is 11.0. The summed E-state index contributed by atoms with van der Waals surface area (Å²) in [4.78, 5) is 0. The van der Waals surface area contributed by atoms with Crippen LogP contribution in [0.3, 0.4) is 0 Å². The van der Waals surface area contributed by atoms with E-state index in [-0.39, 0.29) is 5.75 Å². The molecule has 1 heterocycles. The minimum atomic E-state index is 0.237. The summed E-state index contributed by atoms with van der Waals surface area (Å²) >= 11 is 1.68. The molecule has 0 bridgehead atoms. The van der Waals surface area contributed by atoms with Crippen LogP contribution < -0.4 is 10.5 Å². The number of phenols is 1. The van der Waals surface area contributed by atoms with Gasteiger partial charge in [0.15, 0.2) is 0 Å². The molecule has 19 heavy (non-hydrogen) atoms. The Hall–Kier alpha value is -2.20. The fourth-order valence-corrected chi connectivity index (χ4v) is 2.84. The lowest BCUT2D eigenvalue weighted by atomic mass is 10.2. The molecule has 3 nitrogen and oxygen atoms in total. The molecule has 0 saturated carbocycles. The van der Waals surface area contributed by atoms with Gasteiger partial charge in [0, 0.05) is 21.3 Å². The standard InChI is InChI=1S/C15H13NO2S/c16-11-1-6-15-14(7-11)10(9-19-15)8-18-13-4-2-12(17)3-5-13/h1-7,9,17H,8,16H2. The largest absolute Gasteiger partial charge is 0.508 e. The van der Waals surface area contributed by atoms with Gasteiger partial charge >= 0.3 is 0 Å². The van der Waals surface area contributed by atoms with Gasteiger partial charge in [-0.15, -0.1) is 11.3 Å². The maximum Gasteiger partial charge on any atom is 0.120 e. The molecule has 3 N–H and O–H groups in total. The van der Waals surface area contributed by atoms with Gasteiger partial charge in [-0.1, -0.05) is 0 Å². The lowest BCUT2D eigenvalue weighted by Crippen LogP contribution is -1.94. The molecule has 4 heteroatoms. The summed E-state index contributed by atoms with van der Waals surface area (Å²) in [6.07, 6.45) is 0. The number of fused-ring (bicyclic) bond motifs is 1. The summed E-state index contributed by atoms with van der Waals surface area (Å²) in [5.74, 6) is 0.974. The number of phenolic OH excluding ortho intramolecular Hbond substituents is 1. The number of aromatic hydroxyl groups is 1. The van der Waals surface area contributed by atoms with Gasteiger partial charge in [-0.05, 0) is 47.8 Å². The van der Waals surface area contributed by atoms with Gasteiger partial charge in [-0.25, -0.2) is 0 Å². The van der Waals surface area contributed by atoms with Crippen molar-refractivity contribution in [3.05, 3.63) is 53.4 Å². The van der Waals surface area contributed by atoms with E-state index in [4.69, 9.17) is 10.5 Å². The number of nitrogen functional groups attached to an aromatic ring is 1. The fraction of sp³-hybridized carbons (Fsp3) is 0.0667. The average Bonchev–Trinajstić information content (AvgIpc) is 2.80. The summed E-state index contributed by atoms with van der Waals surface area (Å²) in [5.41, 5.74) is 7.70. The van der Waals surface area contributed by atoms with Crippen LogP contribution in [0.5, 0.6) is 11.5 Å². The van der Waals surface area contributed by atoms with E-state index in [9.17, 15) is 5.11 Å².